The van der Waals surface area contributed by atoms with Gasteiger partial charge in [0.25, 0.3) is 5.56 Å². The van der Waals surface area contributed by atoms with Gasteiger partial charge in [-0.15, -0.1) is 0 Å². The Morgan fingerprint density at radius 2 is 2.17 bits per heavy atom. The zero-order valence-electron chi connectivity index (χ0n) is 6.07. The summed E-state index contributed by atoms with van der Waals surface area (Å²) >= 11 is 0. The molecule has 2 aromatic heterocycles. The fourth-order valence-corrected chi connectivity index (χ4v) is 0.847. The summed E-state index contributed by atoms with van der Waals surface area (Å²) < 4.78 is 5.17. The van der Waals surface area contributed by atoms with Crippen LogP contribution in [0.5, 0.6) is 0 Å². The quantitative estimate of drug-likeness (QED) is 0.522. The second-order valence-corrected chi connectivity index (χ2v) is 2.26. The van der Waals surface area contributed by atoms with Crippen molar-refractivity contribution in [2.45, 2.75) is 0 Å². The maximum Gasteiger partial charge on any atom is 0.329 e. The predicted octanol–water partition coefficient (Wildman–Crippen LogP) is -1.39. The van der Waals surface area contributed by atoms with Gasteiger partial charge in [0.05, 0.1) is 0 Å². The van der Waals surface area contributed by atoms with Crippen LogP contribution in [0.2, 0.25) is 0 Å². The molecule has 2 rings (SSSR count). The first-order valence-electron chi connectivity index (χ1n) is 3.12. The van der Waals surface area contributed by atoms with Gasteiger partial charge in [-0.3, -0.25) is 14.3 Å². The maximum atomic E-state index is 11.2. The zero-order chi connectivity index (χ0) is 8.72. The van der Waals surface area contributed by atoms with Crippen LogP contribution in [0.15, 0.2) is 14.2 Å². The van der Waals surface area contributed by atoms with Crippen LogP contribution in [0.25, 0.3) is 11.2 Å². The molecule has 1 N–H and O–H groups in total. The molecule has 0 bridgehead atoms. The highest BCUT2D eigenvalue weighted by Gasteiger charge is 2.08. The molecule has 0 aliphatic rings. The van der Waals surface area contributed by atoms with Crippen LogP contribution in [0.3, 0.4) is 0 Å². The van der Waals surface area contributed by atoms with Crippen LogP contribution < -0.4 is 11.2 Å². The molecule has 0 aliphatic carbocycles. The van der Waals surface area contributed by atoms with E-state index in [1.54, 1.807) is 0 Å². The minimum Gasteiger partial charge on any atom is -0.287 e. The van der Waals surface area contributed by atoms with E-state index in [1.807, 2.05) is 0 Å². The summed E-state index contributed by atoms with van der Waals surface area (Å²) in [6.45, 7) is 0. The van der Waals surface area contributed by atoms with E-state index in [0.717, 1.165) is 4.57 Å². The van der Waals surface area contributed by atoms with E-state index in [2.05, 4.69) is 19.9 Å². The van der Waals surface area contributed by atoms with Gasteiger partial charge in [-0.25, -0.2) is 9.42 Å². The Kier molecular flexibility index (Phi) is 1.15. The highest BCUT2D eigenvalue weighted by atomic mass is 16.6. The van der Waals surface area contributed by atoms with Crippen molar-refractivity contribution in [3.63, 3.8) is 0 Å². The molecule has 2 heterocycles. The molecule has 0 atom stereocenters. The minimum atomic E-state index is -0.539. The van der Waals surface area contributed by atoms with Crippen LogP contribution in [0.1, 0.15) is 0 Å². The minimum absolute atomic E-state index is 0.0251. The van der Waals surface area contributed by atoms with Gasteiger partial charge in [0.15, 0.2) is 0 Å². The molecule has 0 unspecified atom stereocenters. The second-order valence-electron chi connectivity index (χ2n) is 2.26. The van der Waals surface area contributed by atoms with Crippen LogP contribution in [0, 0.1) is 0 Å². The van der Waals surface area contributed by atoms with Crippen LogP contribution in [-0.4, -0.2) is 19.9 Å². The smallest absolute Gasteiger partial charge is 0.287 e. The maximum absolute atomic E-state index is 11.2. The van der Waals surface area contributed by atoms with E-state index in [9.17, 15) is 9.59 Å². The first kappa shape index (κ1) is 6.77. The van der Waals surface area contributed by atoms with E-state index in [1.165, 1.54) is 7.05 Å². The molecule has 0 aromatic carbocycles. The number of nitrogens with zero attached hydrogens (tertiary/aromatic N) is 3. The number of H-pyrrole nitrogens is 1. The summed E-state index contributed by atoms with van der Waals surface area (Å²) in [5, 5.41) is 6.66. The fourth-order valence-electron chi connectivity index (χ4n) is 0.847. The SMILES string of the molecule is Cn1c(=O)[nH]c2nonc2c1=O. The van der Waals surface area contributed by atoms with E-state index in [-0.39, 0.29) is 11.2 Å². The fraction of sp³-hybridized carbons (Fsp3) is 0.200. The number of fused-ring (bicyclic) bond motifs is 1. The molecule has 62 valence electrons. The number of aromatic amines is 1. The van der Waals surface area contributed by atoms with Crippen molar-refractivity contribution in [2.24, 2.45) is 7.05 Å². The Morgan fingerprint density at radius 3 is 2.92 bits per heavy atom. The van der Waals surface area contributed by atoms with Crippen molar-refractivity contribution < 1.29 is 4.63 Å². The standard InChI is InChI=1S/C5H4N4O3/c1-9-4(10)2-3(6-5(9)11)8-12-7-2/h1H3,(H,6,8,11). The van der Waals surface area contributed by atoms with E-state index in [0.29, 0.717) is 0 Å². The van der Waals surface area contributed by atoms with Gasteiger partial charge in [-0.1, -0.05) is 0 Å². The van der Waals surface area contributed by atoms with E-state index in [4.69, 9.17) is 0 Å². The molecule has 12 heavy (non-hydrogen) atoms. The van der Waals surface area contributed by atoms with Crippen molar-refractivity contribution in [1.82, 2.24) is 19.9 Å². The Hall–Kier alpha value is -1.92. The Labute approximate surface area is 64.6 Å². The number of hydrogen-bond donors (Lipinski definition) is 1. The highest BCUT2D eigenvalue weighted by Crippen LogP contribution is 1.93. The second kappa shape index (κ2) is 2.03. The van der Waals surface area contributed by atoms with Crippen molar-refractivity contribution in [3.05, 3.63) is 20.8 Å². The van der Waals surface area contributed by atoms with Gasteiger partial charge in [0.1, 0.15) is 0 Å². The molecule has 0 saturated heterocycles. The third-order valence-electron chi connectivity index (χ3n) is 1.53. The Balaban J connectivity index is 3.16. The number of hydrogen-bond acceptors (Lipinski definition) is 5. The topological polar surface area (TPSA) is 93.8 Å². The van der Waals surface area contributed by atoms with Crippen molar-refractivity contribution in [1.29, 1.82) is 0 Å². The molecule has 0 amide bonds. The van der Waals surface area contributed by atoms with Crippen molar-refractivity contribution in [3.8, 4) is 0 Å². The number of rotatable bonds is 0. The highest BCUT2D eigenvalue weighted by molar-refractivity contribution is 5.65. The Bertz CT molecular complexity index is 533. The van der Waals surface area contributed by atoms with Crippen molar-refractivity contribution in [2.75, 3.05) is 0 Å². The van der Waals surface area contributed by atoms with Crippen LogP contribution >= 0.6 is 0 Å². The summed E-state index contributed by atoms with van der Waals surface area (Å²) in [6.07, 6.45) is 0. The lowest BCUT2D eigenvalue weighted by atomic mass is 10.5. The Morgan fingerprint density at radius 1 is 1.42 bits per heavy atom. The normalized spacial score (nSPS) is 10.8. The molecule has 7 nitrogen and oxygen atoms in total. The van der Waals surface area contributed by atoms with E-state index < -0.39 is 11.2 Å². The lowest BCUT2D eigenvalue weighted by molar-refractivity contribution is 0.314. The summed E-state index contributed by atoms with van der Waals surface area (Å²) in [6, 6.07) is 0. The zero-order valence-corrected chi connectivity index (χ0v) is 6.07. The van der Waals surface area contributed by atoms with Gasteiger partial charge < -0.3 is 0 Å². The van der Waals surface area contributed by atoms with Gasteiger partial charge in [-0.2, -0.15) is 0 Å². The number of nitrogens with one attached hydrogen (secondary N) is 1. The monoisotopic (exact) mass is 168 g/mol. The van der Waals surface area contributed by atoms with E-state index >= 15 is 0 Å². The van der Waals surface area contributed by atoms with Gasteiger partial charge in [0.2, 0.25) is 11.2 Å². The first-order chi connectivity index (χ1) is 5.70. The first-order valence-corrected chi connectivity index (χ1v) is 3.12. The third-order valence-corrected chi connectivity index (χ3v) is 1.53. The molecule has 0 fully saturated rings. The van der Waals surface area contributed by atoms with Crippen molar-refractivity contribution >= 4 is 11.2 Å². The molecule has 0 spiro atoms. The summed E-state index contributed by atoms with van der Waals surface area (Å²) in [5.74, 6) is 0. The van der Waals surface area contributed by atoms with Crippen LogP contribution in [0.4, 0.5) is 0 Å². The number of aromatic nitrogens is 4. The van der Waals surface area contributed by atoms with Gasteiger partial charge >= 0.3 is 5.69 Å². The molecule has 0 radical (unpaired) electrons. The molecule has 0 aliphatic heterocycles. The summed E-state index contributed by atoms with van der Waals surface area (Å²) in [5.41, 5.74) is -0.960. The summed E-state index contributed by atoms with van der Waals surface area (Å²) in [7, 11) is 1.34. The summed E-state index contributed by atoms with van der Waals surface area (Å²) in [4.78, 5) is 24.5. The average molecular weight is 168 g/mol. The molecular weight excluding hydrogens is 164 g/mol. The largest absolute Gasteiger partial charge is 0.329 e. The lowest BCUT2D eigenvalue weighted by Crippen LogP contribution is -2.32. The predicted molar refractivity (Wildman–Crippen MR) is 37.7 cm³/mol. The molecule has 0 saturated carbocycles. The lowest BCUT2D eigenvalue weighted by Gasteiger charge is -1.90. The van der Waals surface area contributed by atoms with Crippen LogP contribution in [-0.2, 0) is 7.05 Å². The van der Waals surface area contributed by atoms with Gasteiger partial charge in [-0.05, 0) is 10.3 Å². The third kappa shape index (κ3) is 0.698. The van der Waals surface area contributed by atoms with Gasteiger partial charge in [0, 0.05) is 7.05 Å². The molecule has 2 aromatic rings. The molecular formula is C5H4N4O3. The molecule has 7 heteroatoms. The average Bonchev–Trinajstić information content (AvgIpc) is 2.48.